The second-order valence-electron chi connectivity index (χ2n) is 7.22. The number of carbonyl (C=O) groups excluding carboxylic acids is 1. The Labute approximate surface area is 171 Å². The highest BCUT2D eigenvalue weighted by Crippen LogP contribution is 2.09. The molecule has 0 unspecified atom stereocenters. The fraction of sp³-hybridized carbons (Fsp3) is 0.588. The quantitative estimate of drug-likeness (QED) is 0.342. The molecule has 0 spiro atoms. The van der Waals surface area contributed by atoms with Gasteiger partial charge in [-0.2, -0.15) is 0 Å². The van der Waals surface area contributed by atoms with Crippen molar-refractivity contribution in [1.82, 2.24) is 20.9 Å². The van der Waals surface area contributed by atoms with Crippen molar-refractivity contribution < 1.29 is 13.9 Å². The molecular formula is C17H29FIN5O2. The van der Waals surface area contributed by atoms with Crippen LogP contribution < -0.4 is 16.0 Å². The Hall–Kier alpha value is -1.65. The molecule has 26 heavy (non-hydrogen) atoms. The third-order valence-corrected chi connectivity index (χ3v) is 3.02. The Balaban J connectivity index is 0.00000625. The van der Waals surface area contributed by atoms with Gasteiger partial charge in [-0.1, -0.05) is 0 Å². The van der Waals surface area contributed by atoms with Crippen LogP contribution in [-0.4, -0.2) is 41.8 Å². The van der Waals surface area contributed by atoms with E-state index in [4.69, 9.17) is 4.74 Å². The summed E-state index contributed by atoms with van der Waals surface area (Å²) in [5.41, 5.74) is -0.828. The van der Waals surface area contributed by atoms with Crippen molar-refractivity contribution in [2.75, 3.05) is 13.6 Å². The first-order chi connectivity index (χ1) is 11.5. The van der Waals surface area contributed by atoms with Crippen LogP contribution in [0, 0.1) is 5.82 Å². The van der Waals surface area contributed by atoms with Crippen LogP contribution in [0.15, 0.2) is 23.3 Å². The van der Waals surface area contributed by atoms with Gasteiger partial charge in [0.15, 0.2) is 5.96 Å². The van der Waals surface area contributed by atoms with E-state index < -0.39 is 17.2 Å². The van der Waals surface area contributed by atoms with E-state index in [1.165, 1.54) is 18.3 Å². The number of carbonyl (C=O) groups is 1. The number of aromatic nitrogens is 1. The zero-order valence-electron chi connectivity index (χ0n) is 16.1. The fourth-order valence-corrected chi connectivity index (χ4v) is 1.87. The lowest BCUT2D eigenvalue weighted by Gasteiger charge is -2.29. The third-order valence-electron chi connectivity index (χ3n) is 3.02. The molecule has 0 saturated heterocycles. The molecule has 1 amide bonds. The summed E-state index contributed by atoms with van der Waals surface area (Å²) < 4.78 is 18.8. The molecule has 9 heteroatoms. The topological polar surface area (TPSA) is 87.6 Å². The van der Waals surface area contributed by atoms with Crippen molar-refractivity contribution in [1.29, 1.82) is 0 Å². The number of aliphatic imine (C=N–C) groups is 1. The van der Waals surface area contributed by atoms with Crippen LogP contribution in [0.3, 0.4) is 0 Å². The molecule has 0 aromatic carbocycles. The average molecular weight is 481 g/mol. The molecule has 148 valence electrons. The molecule has 1 aromatic heterocycles. The molecule has 0 bridgehead atoms. The number of nitrogens with one attached hydrogen (secondary N) is 3. The van der Waals surface area contributed by atoms with Gasteiger partial charge < -0.3 is 20.7 Å². The van der Waals surface area contributed by atoms with E-state index in [-0.39, 0.29) is 36.3 Å². The van der Waals surface area contributed by atoms with Crippen molar-refractivity contribution in [3.8, 4) is 0 Å². The Morgan fingerprint density at radius 3 is 2.46 bits per heavy atom. The first-order valence-corrected chi connectivity index (χ1v) is 8.07. The number of guanidine groups is 1. The van der Waals surface area contributed by atoms with Gasteiger partial charge in [-0.05, 0) is 46.8 Å². The largest absolute Gasteiger partial charge is 0.444 e. The first-order valence-electron chi connectivity index (χ1n) is 8.07. The summed E-state index contributed by atoms with van der Waals surface area (Å²) in [6, 6.07) is 2.89. The minimum absolute atomic E-state index is 0. The number of alkyl carbamates (subject to hydrolysis) is 1. The number of pyridine rings is 1. The minimum atomic E-state index is -0.573. The van der Waals surface area contributed by atoms with Gasteiger partial charge in [0.2, 0.25) is 0 Å². The van der Waals surface area contributed by atoms with Crippen LogP contribution in [0.1, 0.15) is 40.3 Å². The van der Waals surface area contributed by atoms with Crippen molar-refractivity contribution in [2.45, 2.75) is 52.3 Å². The maximum Gasteiger partial charge on any atom is 0.408 e. The van der Waals surface area contributed by atoms with Crippen LogP contribution in [0.4, 0.5) is 9.18 Å². The molecule has 0 atom stereocenters. The van der Waals surface area contributed by atoms with E-state index in [1.807, 2.05) is 13.8 Å². The molecule has 1 rings (SSSR count). The summed E-state index contributed by atoms with van der Waals surface area (Å²) in [5.74, 6) is 0.0986. The highest BCUT2D eigenvalue weighted by Gasteiger charge is 2.24. The molecule has 3 N–H and O–H groups in total. The highest BCUT2D eigenvalue weighted by molar-refractivity contribution is 14.0. The summed E-state index contributed by atoms with van der Waals surface area (Å²) in [4.78, 5) is 19.9. The fourth-order valence-electron chi connectivity index (χ4n) is 1.87. The van der Waals surface area contributed by atoms with Crippen LogP contribution in [-0.2, 0) is 11.3 Å². The van der Waals surface area contributed by atoms with Crippen molar-refractivity contribution in [3.63, 3.8) is 0 Å². The average Bonchev–Trinajstić information content (AvgIpc) is 2.46. The lowest BCUT2D eigenvalue weighted by molar-refractivity contribution is 0.0474. The summed E-state index contributed by atoms with van der Waals surface area (Å²) in [5, 5.41) is 8.87. The molecular weight excluding hydrogens is 452 g/mol. The maximum atomic E-state index is 13.6. The number of hydrogen-bond donors (Lipinski definition) is 3. The maximum absolute atomic E-state index is 13.6. The normalized spacial score (nSPS) is 12.0. The number of nitrogens with zero attached hydrogens (tertiary/aromatic N) is 2. The summed E-state index contributed by atoms with van der Waals surface area (Å²) in [7, 11) is 1.61. The molecule has 1 heterocycles. The number of amides is 1. The Morgan fingerprint density at radius 1 is 1.27 bits per heavy atom. The van der Waals surface area contributed by atoms with Gasteiger partial charge in [0.1, 0.15) is 11.4 Å². The van der Waals surface area contributed by atoms with E-state index in [0.717, 1.165) is 0 Å². The Kier molecular flexibility index (Phi) is 9.82. The van der Waals surface area contributed by atoms with Gasteiger partial charge in [-0.25, -0.2) is 9.18 Å². The van der Waals surface area contributed by atoms with Gasteiger partial charge >= 0.3 is 6.09 Å². The second-order valence-corrected chi connectivity index (χ2v) is 7.22. The van der Waals surface area contributed by atoms with Crippen LogP contribution >= 0.6 is 24.0 Å². The van der Waals surface area contributed by atoms with Crippen LogP contribution in [0.5, 0.6) is 0 Å². The highest BCUT2D eigenvalue weighted by atomic mass is 127. The Bertz CT molecular complexity index is 617. The molecule has 0 aliphatic rings. The lowest BCUT2D eigenvalue weighted by Crippen LogP contribution is -2.54. The molecule has 7 nitrogen and oxygen atoms in total. The van der Waals surface area contributed by atoms with Crippen LogP contribution in [0.25, 0.3) is 0 Å². The SMILES string of the molecule is CN=C(NCc1ncccc1F)NCC(C)(C)NC(=O)OC(C)(C)C.I. The monoisotopic (exact) mass is 481 g/mol. The second kappa shape index (κ2) is 10.5. The summed E-state index contributed by atoms with van der Waals surface area (Å²) in [6.45, 7) is 9.73. The third kappa shape index (κ3) is 9.73. The molecule has 0 aliphatic heterocycles. The van der Waals surface area contributed by atoms with Crippen molar-refractivity contribution in [3.05, 3.63) is 29.8 Å². The summed E-state index contributed by atoms with van der Waals surface area (Å²) in [6.07, 6.45) is 1.04. The molecule has 1 aromatic rings. The van der Waals surface area contributed by atoms with E-state index in [9.17, 15) is 9.18 Å². The molecule has 0 radical (unpaired) electrons. The van der Waals surface area contributed by atoms with Gasteiger partial charge in [0.05, 0.1) is 17.8 Å². The van der Waals surface area contributed by atoms with Crippen molar-refractivity contribution in [2.24, 2.45) is 4.99 Å². The smallest absolute Gasteiger partial charge is 0.408 e. The predicted molar refractivity (Wildman–Crippen MR) is 111 cm³/mol. The first kappa shape index (κ1) is 24.4. The number of ether oxygens (including phenoxy) is 1. The van der Waals surface area contributed by atoms with E-state index in [0.29, 0.717) is 18.2 Å². The standard InChI is InChI=1S/C17H28FN5O2.HI/c1-16(2,3)25-15(24)23-17(4,5)11-22-14(19-6)21-10-13-12(18)8-7-9-20-13;/h7-9H,10-11H2,1-6H3,(H,23,24)(H2,19,21,22);1H. The number of halogens is 2. The Morgan fingerprint density at radius 2 is 1.92 bits per heavy atom. The summed E-state index contributed by atoms with van der Waals surface area (Å²) >= 11 is 0. The van der Waals surface area contributed by atoms with Gasteiger partial charge in [0, 0.05) is 19.8 Å². The predicted octanol–water partition coefficient (Wildman–Crippen LogP) is 2.81. The minimum Gasteiger partial charge on any atom is -0.444 e. The number of rotatable bonds is 5. The molecule has 0 saturated carbocycles. The van der Waals surface area contributed by atoms with E-state index in [1.54, 1.807) is 27.8 Å². The van der Waals surface area contributed by atoms with Gasteiger partial charge in [-0.15, -0.1) is 24.0 Å². The molecule has 0 fully saturated rings. The molecule has 0 aliphatic carbocycles. The number of hydrogen-bond acceptors (Lipinski definition) is 4. The zero-order chi connectivity index (χ0) is 19.1. The lowest BCUT2D eigenvalue weighted by atomic mass is 10.1. The van der Waals surface area contributed by atoms with E-state index in [2.05, 4.69) is 25.9 Å². The van der Waals surface area contributed by atoms with Gasteiger partial charge in [-0.3, -0.25) is 9.98 Å². The van der Waals surface area contributed by atoms with Crippen LogP contribution in [0.2, 0.25) is 0 Å². The van der Waals surface area contributed by atoms with Gasteiger partial charge in [0.25, 0.3) is 0 Å². The zero-order valence-corrected chi connectivity index (χ0v) is 18.5. The van der Waals surface area contributed by atoms with E-state index >= 15 is 0 Å². The van der Waals surface area contributed by atoms with Crippen molar-refractivity contribution >= 4 is 36.0 Å².